The summed E-state index contributed by atoms with van der Waals surface area (Å²) in [6.45, 7) is 11.9. The molecule has 5 heteroatoms. The summed E-state index contributed by atoms with van der Waals surface area (Å²) >= 11 is 0. The molecule has 0 saturated carbocycles. The third-order valence-corrected chi connectivity index (χ3v) is 4.08. The largest absolute Gasteiger partial charge is 0.383 e. The number of nitrogens with zero attached hydrogens (tertiary/aromatic N) is 3. The summed E-state index contributed by atoms with van der Waals surface area (Å²) < 4.78 is 0. The Labute approximate surface area is 128 Å². The van der Waals surface area contributed by atoms with E-state index in [0.29, 0.717) is 11.9 Å². The fourth-order valence-electron chi connectivity index (χ4n) is 2.76. The highest BCUT2D eigenvalue weighted by molar-refractivity contribution is 5.55. The average molecular weight is 291 g/mol. The molecule has 1 aliphatic heterocycles. The smallest absolute Gasteiger partial charge is 0.135 e. The number of hydrogen-bond acceptors (Lipinski definition) is 5. The summed E-state index contributed by atoms with van der Waals surface area (Å²) in [6.07, 6.45) is 4.02. The summed E-state index contributed by atoms with van der Waals surface area (Å²) in [6, 6.07) is 0.358. The second kappa shape index (κ2) is 7.07. The topological polar surface area (TPSA) is 67.1 Å². The van der Waals surface area contributed by atoms with Crippen molar-refractivity contribution < 1.29 is 0 Å². The van der Waals surface area contributed by atoms with Gasteiger partial charge in [-0.25, -0.2) is 9.97 Å². The standard InChI is InChI=1S/C16H29N5/c1-11(2)15-19-14(17)13(4)16(20-15)18-12(3)10-21-8-6-5-7-9-21/h11-12H,5-10H2,1-4H3,(H3,17,18,19,20). The first-order chi connectivity index (χ1) is 9.97. The van der Waals surface area contributed by atoms with Crippen molar-refractivity contribution in [1.29, 1.82) is 0 Å². The van der Waals surface area contributed by atoms with Crippen molar-refractivity contribution in [3.63, 3.8) is 0 Å². The SMILES string of the molecule is Cc1c(N)nc(C(C)C)nc1NC(C)CN1CCCCC1. The Morgan fingerprint density at radius 1 is 1.14 bits per heavy atom. The van der Waals surface area contributed by atoms with E-state index in [9.17, 15) is 0 Å². The van der Waals surface area contributed by atoms with E-state index in [4.69, 9.17) is 5.73 Å². The van der Waals surface area contributed by atoms with Crippen LogP contribution in [-0.4, -0.2) is 40.5 Å². The van der Waals surface area contributed by atoms with E-state index in [0.717, 1.165) is 23.8 Å². The van der Waals surface area contributed by atoms with Crippen molar-refractivity contribution in [3.05, 3.63) is 11.4 Å². The zero-order valence-corrected chi connectivity index (χ0v) is 13.8. The lowest BCUT2D eigenvalue weighted by Gasteiger charge is -2.29. The quantitative estimate of drug-likeness (QED) is 0.873. The Kier molecular flexibility index (Phi) is 5.39. The molecule has 1 aliphatic rings. The molecule has 1 unspecified atom stereocenters. The maximum atomic E-state index is 6.02. The fraction of sp³-hybridized carbons (Fsp3) is 0.750. The molecule has 2 rings (SSSR count). The number of likely N-dealkylation sites (tertiary alicyclic amines) is 1. The Bertz CT molecular complexity index is 466. The van der Waals surface area contributed by atoms with Crippen LogP contribution in [0.4, 0.5) is 11.6 Å². The minimum absolute atomic E-state index is 0.283. The van der Waals surface area contributed by atoms with Gasteiger partial charge >= 0.3 is 0 Å². The minimum atomic E-state index is 0.283. The molecule has 1 fully saturated rings. The molecule has 21 heavy (non-hydrogen) atoms. The molecule has 0 radical (unpaired) electrons. The molecule has 0 amide bonds. The third-order valence-electron chi connectivity index (χ3n) is 4.08. The first kappa shape index (κ1) is 16.0. The molecule has 1 aromatic rings. The number of piperidine rings is 1. The first-order valence-corrected chi connectivity index (χ1v) is 8.10. The van der Waals surface area contributed by atoms with Gasteiger partial charge in [0.15, 0.2) is 0 Å². The predicted octanol–water partition coefficient (Wildman–Crippen LogP) is 2.78. The van der Waals surface area contributed by atoms with Gasteiger partial charge < -0.3 is 16.0 Å². The van der Waals surface area contributed by atoms with Crippen molar-refractivity contribution in [2.75, 3.05) is 30.7 Å². The van der Waals surface area contributed by atoms with Gasteiger partial charge in [-0.1, -0.05) is 20.3 Å². The second-order valence-electron chi connectivity index (χ2n) is 6.50. The van der Waals surface area contributed by atoms with Gasteiger partial charge in [-0.2, -0.15) is 0 Å². The molecule has 1 saturated heterocycles. The predicted molar refractivity (Wildman–Crippen MR) is 88.6 cm³/mol. The van der Waals surface area contributed by atoms with E-state index in [1.54, 1.807) is 0 Å². The van der Waals surface area contributed by atoms with Gasteiger partial charge in [0.2, 0.25) is 0 Å². The van der Waals surface area contributed by atoms with E-state index in [1.165, 1.54) is 32.4 Å². The Hall–Kier alpha value is -1.36. The highest BCUT2D eigenvalue weighted by Crippen LogP contribution is 2.21. The summed E-state index contributed by atoms with van der Waals surface area (Å²) in [7, 11) is 0. The van der Waals surface area contributed by atoms with Crippen molar-refractivity contribution in [1.82, 2.24) is 14.9 Å². The van der Waals surface area contributed by atoms with Crippen LogP contribution in [0.15, 0.2) is 0 Å². The van der Waals surface area contributed by atoms with Crippen molar-refractivity contribution in [2.45, 2.75) is 58.9 Å². The number of nitrogen functional groups attached to an aromatic ring is 1. The van der Waals surface area contributed by atoms with E-state index in [-0.39, 0.29) is 5.92 Å². The monoisotopic (exact) mass is 291 g/mol. The highest BCUT2D eigenvalue weighted by Gasteiger charge is 2.16. The Balaban J connectivity index is 2.03. The van der Waals surface area contributed by atoms with E-state index in [2.05, 4.69) is 41.0 Å². The summed E-state index contributed by atoms with van der Waals surface area (Å²) in [4.78, 5) is 11.5. The van der Waals surface area contributed by atoms with Crippen molar-refractivity contribution >= 4 is 11.6 Å². The second-order valence-corrected chi connectivity index (χ2v) is 6.50. The van der Waals surface area contributed by atoms with Crippen LogP contribution in [0.1, 0.15) is 57.3 Å². The highest BCUT2D eigenvalue weighted by atomic mass is 15.2. The van der Waals surface area contributed by atoms with Gasteiger partial charge in [0, 0.05) is 24.1 Å². The first-order valence-electron chi connectivity index (χ1n) is 8.10. The van der Waals surface area contributed by atoms with Gasteiger partial charge in [-0.15, -0.1) is 0 Å². The van der Waals surface area contributed by atoms with Crippen LogP contribution >= 0.6 is 0 Å². The number of hydrogen-bond donors (Lipinski definition) is 2. The lowest BCUT2D eigenvalue weighted by atomic mass is 10.1. The van der Waals surface area contributed by atoms with Crippen LogP contribution in [0.3, 0.4) is 0 Å². The van der Waals surface area contributed by atoms with E-state index < -0.39 is 0 Å². The normalized spacial score (nSPS) is 18.0. The van der Waals surface area contributed by atoms with Gasteiger partial charge in [0.1, 0.15) is 17.5 Å². The fourth-order valence-corrected chi connectivity index (χ4v) is 2.76. The molecular formula is C16H29N5. The Morgan fingerprint density at radius 3 is 2.43 bits per heavy atom. The van der Waals surface area contributed by atoms with Crippen LogP contribution in [0, 0.1) is 6.92 Å². The van der Waals surface area contributed by atoms with Crippen LogP contribution in [0.5, 0.6) is 0 Å². The Morgan fingerprint density at radius 2 is 1.81 bits per heavy atom. The van der Waals surface area contributed by atoms with Gasteiger partial charge in [-0.3, -0.25) is 0 Å². The lowest BCUT2D eigenvalue weighted by Crippen LogP contribution is -2.38. The van der Waals surface area contributed by atoms with Crippen LogP contribution in [-0.2, 0) is 0 Å². The molecule has 1 aromatic heterocycles. The molecule has 3 N–H and O–H groups in total. The van der Waals surface area contributed by atoms with Crippen molar-refractivity contribution in [2.24, 2.45) is 0 Å². The molecule has 1 atom stereocenters. The molecule has 0 aliphatic carbocycles. The number of aromatic nitrogens is 2. The molecule has 118 valence electrons. The zero-order chi connectivity index (χ0) is 15.4. The average Bonchev–Trinajstić information content (AvgIpc) is 2.44. The van der Waals surface area contributed by atoms with Crippen molar-refractivity contribution in [3.8, 4) is 0 Å². The van der Waals surface area contributed by atoms with Gasteiger partial charge in [-0.05, 0) is 39.8 Å². The molecule has 5 nitrogen and oxygen atoms in total. The maximum absolute atomic E-state index is 6.02. The number of nitrogens with one attached hydrogen (secondary N) is 1. The molecule has 0 bridgehead atoms. The van der Waals surface area contributed by atoms with Gasteiger partial charge in [0.25, 0.3) is 0 Å². The van der Waals surface area contributed by atoms with Crippen LogP contribution < -0.4 is 11.1 Å². The van der Waals surface area contributed by atoms with E-state index >= 15 is 0 Å². The summed E-state index contributed by atoms with van der Waals surface area (Å²) in [5, 5.41) is 3.52. The molecule has 0 spiro atoms. The summed E-state index contributed by atoms with van der Waals surface area (Å²) in [5.74, 6) is 2.56. The maximum Gasteiger partial charge on any atom is 0.135 e. The van der Waals surface area contributed by atoms with E-state index in [1.807, 2.05) is 6.92 Å². The molecular weight excluding hydrogens is 262 g/mol. The number of anilines is 2. The minimum Gasteiger partial charge on any atom is -0.383 e. The van der Waals surface area contributed by atoms with Crippen LogP contribution in [0.25, 0.3) is 0 Å². The lowest BCUT2D eigenvalue weighted by molar-refractivity contribution is 0.223. The third kappa shape index (κ3) is 4.30. The number of rotatable bonds is 5. The zero-order valence-electron chi connectivity index (χ0n) is 13.8. The molecule has 2 heterocycles. The number of nitrogens with two attached hydrogens (primary N) is 1. The van der Waals surface area contributed by atoms with Crippen LogP contribution in [0.2, 0.25) is 0 Å². The van der Waals surface area contributed by atoms with Gasteiger partial charge in [0.05, 0.1) is 0 Å². The summed E-state index contributed by atoms with van der Waals surface area (Å²) in [5.41, 5.74) is 6.97. The molecule has 0 aromatic carbocycles.